The van der Waals surface area contributed by atoms with Crippen LogP contribution in [0.25, 0.3) is 0 Å². The lowest BCUT2D eigenvalue weighted by Crippen LogP contribution is -2.01. The molecule has 1 aliphatic heterocycles. The second-order valence-electron chi connectivity index (χ2n) is 4.09. The molecule has 2 heterocycles. The van der Waals surface area contributed by atoms with Crippen LogP contribution in [0.1, 0.15) is 29.9 Å². The van der Waals surface area contributed by atoms with Gasteiger partial charge < -0.3 is 4.98 Å². The first kappa shape index (κ1) is 8.92. The summed E-state index contributed by atoms with van der Waals surface area (Å²) in [4.78, 5) is 7.91. The zero-order valence-electron chi connectivity index (χ0n) is 7.88. The van der Waals surface area contributed by atoms with E-state index in [2.05, 4.69) is 9.97 Å². The van der Waals surface area contributed by atoms with E-state index in [1.165, 1.54) is 24.1 Å². The van der Waals surface area contributed by atoms with Crippen molar-refractivity contribution in [3.63, 3.8) is 0 Å². The first-order valence-corrected chi connectivity index (χ1v) is 6.58. The standard InChI is InChI=1S/C10H12N2S2/c13-10-7-4-14-5-8(7)11-9(12-10)3-6-1-2-6/h6H,1-5H2,(H,11,12,13). The van der Waals surface area contributed by atoms with E-state index in [9.17, 15) is 0 Å². The molecule has 2 aliphatic rings. The molecule has 0 bridgehead atoms. The monoisotopic (exact) mass is 224 g/mol. The Hall–Kier alpha value is -0.350. The summed E-state index contributed by atoms with van der Waals surface area (Å²) < 4.78 is 0.833. The number of nitrogens with one attached hydrogen (secondary N) is 1. The number of rotatable bonds is 2. The Kier molecular flexibility index (Phi) is 2.13. The Bertz CT molecular complexity index is 421. The molecule has 1 N–H and O–H groups in total. The van der Waals surface area contributed by atoms with Crippen molar-refractivity contribution in [2.45, 2.75) is 30.8 Å². The van der Waals surface area contributed by atoms with E-state index in [1.807, 2.05) is 11.8 Å². The summed E-state index contributed by atoms with van der Waals surface area (Å²) in [6, 6.07) is 0. The molecule has 1 fully saturated rings. The van der Waals surface area contributed by atoms with E-state index in [-0.39, 0.29) is 0 Å². The lowest BCUT2D eigenvalue weighted by Gasteiger charge is -2.03. The highest BCUT2D eigenvalue weighted by Gasteiger charge is 2.23. The van der Waals surface area contributed by atoms with Crippen LogP contribution in [-0.4, -0.2) is 9.97 Å². The summed E-state index contributed by atoms with van der Waals surface area (Å²) >= 11 is 7.22. The topological polar surface area (TPSA) is 28.7 Å². The molecule has 1 aromatic rings. The molecule has 0 radical (unpaired) electrons. The van der Waals surface area contributed by atoms with Crippen molar-refractivity contribution in [3.8, 4) is 0 Å². The Morgan fingerprint density at radius 3 is 3.07 bits per heavy atom. The van der Waals surface area contributed by atoms with Gasteiger partial charge in [-0.1, -0.05) is 12.2 Å². The molecule has 0 atom stereocenters. The molecule has 0 amide bonds. The number of aromatic nitrogens is 2. The third-order valence-electron chi connectivity index (χ3n) is 2.83. The SMILES string of the molecule is S=c1nc(CC2CC2)[nH]c2c1CSC2. The molecule has 1 aliphatic carbocycles. The van der Waals surface area contributed by atoms with E-state index in [0.717, 1.165) is 34.3 Å². The van der Waals surface area contributed by atoms with Crippen LogP contribution in [0.4, 0.5) is 0 Å². The number of thioether (sulfide) groups is 1. The molecule has 0 aromatic carbocycles. The van der Waals surface area contributed by atoms with Crippen molar-refractivity contribution >= 4 is 24.0 Å². The highest BCUT2D eigenvalue weighted by atomic mass is 32.2. The minimum absolute atomic E-state index is 0.833. The van der Waals surface area contributed by atoms with Crippen LogP contribution < -0.4 is 0 Å². The molecule has 2 nitrogen and oxygen atoms in total. The van der Waals surface area contributed by atoms with Gasteiger partial charge in [0.15, 0.2) is 0 Å². The number of hydrogen-bond donors (Lipinski definition) is 1. The average Bonchev–Trinajstić information content (AvgIpc) is 2.82. The molecular formula is C10H12N2S2. The Morgan fingerprint density at radius 1 is 1.43 bits per heavy atom. The lowest BCUT2D eigenvalue weighted by atomic mass is 10.2. The highest BCUT2D eigenvalue weighted by molar-refractivity contribution is 7.98. The van der Waals surface area contributed by atoms with Crippen LogP contribution in [0.5, 0.6) is 0 Å². The fourth-order valence-electron chi connectivity index (χ4n) is 1.82. The van der Waals surface area contributed by atoms with E-state index in [4.69, 9.17) is 12.2 Å². The number of fused-ring (bicyclic) bond motifs is 1. The van der Waals surface area contributed by atoms with Gasteiger partial charge in [0, 0.05) is 29.2 Å². The summed E-state index contributed by atoms with van der Waals surface area (Å²) in [5, 5.41) is 0. The molecule has 0 unspecified atom stereocenters. The van der Waals surface area contributed by atoms with E-state index in [1.54, 1.807) is 0 Å². The van der Waals surface area contributed by atoms with Crippen molar-refractivity contribution in [1.29, 1.82) is 0 Å². The maximum atomic E-state index is 5.29. The summed E-state index contributed by atoms with van der Waals surface area (Å²) in [5.41, 5.74) is 2.59. The molecule has 14 heavy (non-hydrogen) atoms. The van der Waals surface area contributed by atoms with E-state index in [0.29, 0.717) is 0 Å². The number of nitrogens with zero attached hydrogens (tertiary/aromatic N) is 1. The van der Waals surface area contributed by atoms with Gasteiger partial charge in [0.2, 0.25) is 0 Å². The van der Waals surface area contributed by atoms with Gasteiger partial charge in [0.1, 0.15) is 10.5 Å². The fraction of sp³-hybridized carbons (Fsp3) is 0.600. The van der Waals surface area contributed by atoms with Gasteiger partial charge >= 0.3 is 0 Å². The van der Waals surface area contributed by atoms with Crippen molar-refractivity contribution in [3.05, 3.63) is 21.7 Å². The third-order valence-corrected chi connectivity index (χ3v) is 4.15. The van der Waals surface area contributed by atoms with Gasteiger partial charge in [-0.15, -0.1) is 0 Å². The van der Waals surface area contributed by atoms with Crippen LogP contribution in [0, 0.1) is 10.6 Å². The van der Waals surface area contributed by atoms with Crippen molar-refractivity contribution < 1.29 is 0 Å². The van der Waals surface area contributed by atoms with Gasteiger partial charge in [-0.2, -0.15) is 11.8 Å². The van der Waals surface area contributed by atoms with Gasteiger partial charge in [-0.3, -0.25) is 0 Å². The maximum Gasteiger partial charge on any atom is 0.134 e. The van der Waals surface area contributed by atoms with Gasteiger partial charge in [-0.05, 0) is 18.8 Å². The van der Waals surface area contributed by atoms with Crippen LogP contribution in [-0.2, 0) is 17.9 Å². The molecule has 1 saturated carbocycles. The summed E-state index contributed by atoms with van der Waals surface area (Å²) in [7, 11) is 0. The number of H-pyrrole nitrogens is 1. The largest absolute Gasteiger partial charge is 0.346 e. The number of hydrogen-bond acceptors (Lipinski definition) is 3. The smallest absolute Gasteiger partial charge is 0.134 e. The predicted octanol–water partition coefficient (Wildman–Crippen LogP) is 2.84. The first-order valence-electron chi connectivity index (χ1n) is 5.01. The quantitative estimate of drug-likeness (QED) is 0.783. The minimum atomic E-state index is 0.833. The average molecular weight is 224 g/mol. The second-order valence-corrected chi connectivity index (χ2v) is 5.46. The predicted molar refractivity (Wildman–Crippen MR) is 60.8 cm³/mol. The highest BCUT2D eigenvalue weighted by Crippen LogP contribution is 2.33. The van der Waals surface area contributed by atoms with Crippen molar-refractivity contribution in [1.82, 2.24) is 9.97 Å². The second kappa shape index (κ2) is 3.35. The summed E-state index contributed by atoms with van der Waals surface area (Å²) in [6.07, 6.45) is 3.84. The minimum Gasteiger partial charge on any atom is -0.346 e. The first-order chi connectivity index (χ1) is 6.83. The van der Waals surface area contributed by atoms with Crippen molar-refractivity contribution in [2.75, 3.05) is 0 Å². The van der Waals surface area contributed by atoms with Gasteiger partial charge in [0.25, 0.3) is 0 Å². The summed E-state index contributed by atoms with van der Waals surface area (Å²) in [6.45, 7) is 0. The summed E-state index contributed by atoms with van der Waals surface area (Å²) in [5.74, 6) is 4.11. The zero-order chi connectivity index (χ0) is 9.54. The Balaban J connectivity index is 1.98. The lowest BCUT2D eigenvalue weighted by molar-refractivity contribution is 0.758. The van der Waals surface area contributed by atoms with Gasteiger partial charge in [-0.25, -0.2) is 4.98 Å². The molecular weight excluding hydrogens is 212 g/mol. The normalized spacial score (nSPS) is 19.7. The molecule has 74 valence electrons. The molecule has 0 saturated heterocycles. The van der Waals surface area contributed by atoms with Crippen molar-refractivity contribution in [2.24, 2.45) is 5.92 Å². The zero-order valence-corrected chi connectivity index (χ0v) is 9.51. The number of aromatic amines is 1. The van der Waals surface area contributed by atoms with Crippen LogP contribution in [0.2, 0.25) is 0 Å². The molecule has 3 rings (SSSR count). The van der Waals surface area contributed by atoms with Gasteiger partial charge in [0.05, 0.1) is 0 Å². The Labute approximate surface area is 92.5 Å². The van der Waals surface area contributed by atoms with Crippen LogP contribution in [0.3, 0.4) is 0 Å². The Morgan fingerprint density at radius 2 is 2.29 bits per heavy atom. The molecule has 0 spiro atoms. The fourth-order valence-corrected chi connectivity index (χ4v) is 3.28. The van der Waals surface area contributed by atoms with Crippen LogP contribution >= 0.6 is 24.0 Å². The maximum absolute atomic E-state index is 5.29. The molecule has 4 heteroatoms. The van der Waals surface area contributed by atoms with E-state index < -0.39 is 0 Å². The molecule has 1 aromatic heterocycles. The van der Waals surface area contributed by atoms with Crippen LogP contribution in [0.15, 0.2) is 0 Å². The van der Waals surface area contributed by atoms with E-state index >= 15 is 0 Å². The third kappa shape index (κ3) is 1.61.